The van der Waals surface area contributed by atoms with Crippen molar-refractivity contribution in [3.63, 3.8) is 0 Å². The fraction of sp³-hybridized carbons (Fsp3) is 0.0417. The molecule has 1 amide bonds. The zero-order valence-electron chi connectivity index (χ0n) is 16.2. The molecular weight excluding hydrogens is 376 g/mol. The summed E-state index contributed by atoms with van der Waals surface area (Å²) in [5.74, 6) is 0.267. The number of fused-ring (bicyclic) bond motifs is 2. The van der Waals surface area contributed by atoms with Crippen LogP contribution in [-0.2, 0) is 0 Å². The number of imidazole rings is 1. The molecule has 0 aliphatic heterocycles. The summed E-state index contributed by atoms with van der Waals surface area (Å²) >= 11 is 0. The minimum atomic E-state index is -0.300. The molecule has 146 valence electrons. The van der Waals surface area contributed by atoms with E-state index in [0.717, 1.165) is 27.8 Å². The van der Waals surface area contributed by atoms with E-state index >= 15 is 0 Å². The molecule has 0 unspecified atom stereocenters. The van der Waals surface area contributed by atoms with Gasteiger partial charge in [-0.3, -0.25) is 4.79 Å². The Bertz CT molecular complexity index is 1360. The molecule has 0 spiro atoms. The van der Waals surface area contributed by atoms with Crippen LogP contribution >= 0.6 is 0 Å². The summed E-state index contributed by atoms with van der Waals surface area (Å²) in [6.45, 7) is 0. The van der Waals surface area contributed by atoms with Gasteiger partial charge in [-0.25, -0.2) is 9.97 Å². The molecule has 3 aromatic heterocycles. The predicted molar refractivity (Wildman–Crippen MR) is 117 cm³/mol. The Balaban J connectivity index is 1.49. The first-order valence-electron chi connectivity index (χ1n) is 9.50. The van der Waals surface area contributed by atoms with Crippen LogP contribution in [0, 0.1) is 0 Å². The molecule has 6 heteroatoms. The summed E-state index contributed by atoms with van der Waals surface area (Å²) in [5, 5.41) is 3.91. The number of nitrogens with one attached hydrogen (secondary N) is 1. The largest absolute Gasteiger partial charge is 0.495 e. The lowest BCUT2D eigenvalue weighted by Gasteiger charge is -2.11. The number of pyridine rings is 2. The third-order valence-corrected chi connectivity index (χ3v) is 4.94. The lowest BCUT2D eigenvalue weighted by molar-refractivity contribution is 0.102. The molecule has 0 fully saturated rings. The highest BCUT2D eigenvalue weighted by Gasteiger charge is 2.14. The van der Waals surface area contributed by atoms with Gasteiger partial charge in [0.15, 0.2) is 0 Å². The van der Waals surface area contributed by atoms with E-state index in [4.69, 9.17) is 4.74 Å². The summed E-state index contributed by atoms with van der Waals surface area (Å²) in [6, 6.07) is 22.8. The van der Waals surface area contributed by atoms with Gasteiger partial charge in [0.2, 0.25) is 0 Å². The highest BCUT2D eigenvalue weighted by molar-refractivity contribution is 6.05. The maximum absolute atomic E-state index is 12.9. The molecule has 6 nitrogen and oxygen atoms in total. The number of hydrogen-bond donors (Lipinski definition) is 1. The van der Waals surface area contributed by atoms with Gasteiger partial charge in [0.25, 0.3) is 5.91 Å². The van der Waals surface area contributed by atoms with Crippen LogP contribution in [0.1, 0.15) is 10.5 Å². The third-order valence-electron chi connectivity index (χ3n) is 4.94. The quantitative estimate of drug-likeness (QED) is 0.475. The van der Waals surface area contributed by atoms with Crippen LogP contribution in [0.5, 0.6) is 5.75 Å². The van der Waals surface area contributed by atoms with Crippen molar-refractivity contribution in [1.82, 2.24) is 14.4 Å². The molecule has 0 radical (unpaired) electrons. The maximum atomic E-state index is 12.9. The summed E-state index contributed by atoms with van der Waals surface area (Å²) in [4.78, 5) is 22.0. The number of carbonyl (C=O) groups excluding carboxylic acids is 1. The van der Waals surface area contributed by atoms with Gasteiger partial charge in [0.1, 0.15) is 17.1 Å². The number of benzene rings is 2. The molecule has 0 bridgehead atoms. The standard InChI is InChI=1S/C24H18N4O2/c1-30-22-12-10-17(21-15-28-13-5-4-8-23(28)26-21)14-20(22)27-24(29)19-11-9-16-6-2-3-7-18(16)25-19/h2-15H,1H3,(H,27,29). The van der Waals surface area contributed by atoms with Gasteiger partial charge in [0.05, 0.1) is 24.0 Å². The smallest absolute Gasteiger partial charge is 0.274 e. The molecule has 30 heavy (non-hydrogen) atoms. The first kappa shape index (κ1) is 17.9. The van der Waals surface area contributed by atoms with E-state index in [1.165, 1.54) is 0 Å². The number of para-hydroxylation sites is 1. The second-order valence-corrected chi connectivity index (χ2v) is 6.85. The van der Waals surface area contributed by atoms with E-state index in [9.17, 15) is 4.79 Å². The van der Waals surface area contributed by atoms with Gasteiger partial charge in [0, 0.05) is 23.3 Å². The Morgan fingerprint density at radius 2 is 1.83 bits per heavy atom. The molecule has 0 saturated carbocycles. The van der Waals surface area contributed by atoms with Gasteiger partial charge in [-0.1, -0.05) is 30.3 Å². The molecule has 5 rings (SSSR count). The first-order chi connectivity index (χ1) is 14.7. The number of rotatable bonds is 4. The number of amides is 1. The average Bonchev–Trinajstić information content (AvgIpc) is 3.23. The van der Waals surface area contributed by atoms with E-state index in [0.29, 0.717) is 17.1 Å². The van der Waals surface area contributed by atoms with Crippen LogP contribution in [0.15, 0.2) is 85.2 Å². The Hall–Kier alpha value is -4.19. The fourth-order valence-electron chi connectivity index (χ4n) is 3.42. The van der Waals surface area contributed by atoms with Crippen molar-refractivity contribution in [2.45, 2.75) is 0 Å². The van der Waals surface area contributed by atoms with E-state index in [-0.39, 0.29) is 5.91 Å². The minimum Gasteiger partial charge on any atom is -0.495 e. The van der Waals surface area contributed by atoms with Gasteiger partial charge in [-0.2, -0.15) is 0 Å². The SMILES string of the molecule is COc1ccc(-c2cn3ccccc3n2)cc1NC(=O)c1ccc2ccccc2n1. The van der Waals surface area contributed by atoms with Crippen molar-refractivity contribution in [2.75, 3.05) is 12.4 Å². The molecule has 2 aromatic carbocycles. The van der Waals surface area contributed by atoms with Crippen LogP contribution in [0.2, 0.25) is 0 Å². The highest BCUT2D eigenvalue weighted by Crippen LogP contribution is 2.31. The lowest BCUT2D eigenvalue weighted by atomic mass is 10.1. The summed E-state index contributed by atoms with van der Waals surface area (Å²) < 4.78 is 7.40. The molecule has 0 aliphatic rings. The number of ether oxygens (including phenoxy) is 1. The van der Waals surface area contributed by atoms with Crippen LogP contribution in [-0.4, -0.2) is 27.4 Å². The van der Waals surface area contributed by atoms with Crippen molar-refractivity contribution in [2.24, 2.45) is 0 Å². The van der Waals surface area contributed by atoms with Gasteiger partial charge in [-0.15, -0.1) is 0 Å². The summed E-state index contributed by atoms with van der Waals surface area (Å²) in [7, 11) is 1.57. The van der Waals surface area contributed by atoms with Crippen molar-refractivity contribution in [1.29, 1.82) is 0 Å². The first-order valence-corrected chi connectivity index (χ1v) is 9.50. The molecule has 0 saturated heterocycles. The molecule has 1 N–H and O–H groups in total. The average molecular weight is 394 g/mol. The zero-order valence-corrected chi connectivity index (χ0v) is 16.2. The highest BCUT2D eigenvalue weighted by atomic mass is 16.5. The minimum absolute atomic E-state index is 0.300. The zero-order chi connectivity index (χ0) is 20.5. The van der Waals surface area contributed by atoms with E-state index in [1.54, 1.807) is 13.2 Å². The maximum Gasteiger partial charge on any atom is 0.274 e. The number of carbonyl (C=O) groups is 1. The number of hydrogen-bond acceptors (Lipinski definition) is 4. The second kappa shape index (κ2) is 7.33. The normalized spacial score (nSPS) is 11.0. The summed E-state index contributed by atoms with van der Waals surface area (Å²) in [5.41, 5.74) is 4.22. The van der Waals surface area contributed by atoms with Crippen molar-refractivity contribution in [3.8, 4) is 17.0 Å². The van der Waals surface area contributed by atoms with Crippen LogP contribution in [0.3, 0.4) is 0 Å². The molecule has 0 atom stereocenters. The molecular formula is C24H18N4O2. The molecule has 3 heterocycles. The van der Waals surface area contributed by atoms with Gasteiger partial charge < -0.3 is 14.5 Å². The predicted octanol–water partition coefficient (Wildman–Crippen LogP) is 4.81. The van der Waals surface area contributed by atoms with E-state index in [2.05, 4.69) is 15.3 Å². The van der Waals surface area contributed by atoms with E-state index in [1.807, 2.05) is 83.5 Å². The number of anilines is 1. The third kappa shape index (κ3) is 3.24. The number of aromatic nitrogens is 3. The monoisotopic (exact) mass is 394 g/mol. The Kier molecular flexibility index (Phi) is 4.37. The van der Waals surface area contributed by atoms with Crippen molar-refractivity contribution >= 4 is 28.1 Å². The Labute approximate surface area is 172 Å². The number of nitrogens with zero attached hydrogens (tertiary/aromatic N) is 3. The second-order valence-electron chi connectivity index (χ2n) is 6.85. The van der Waals surface area contributed by atoms with E-state index < -0.39 is 0 Å². The lowest BCUT2D eigenvalue weighted by Crippen LogP contribution is -2.14. The Morgan fingerprint density at radius 1 is 0.967 bits per heavy atom. The fourth-order valence-corrected chi connectivity index (χ4v) is 3.42. The Morgan fingerprint density at radius 3 is 2.70 bits per heavy atom. The number of methoxy groups -OCH3 is 1. The van der Waals surface area contributed by atoms with Crippen LogP contribution < -0.4 is 10.1 Å². The van der Waals surface area contributed by atoms with Crippen LogP contribution in [0.25, 0.3) is 27.8 Å². The van der Waals surface area contributed by atoms with Crippen molar-refractivity contribution < 1.29 is 9.53 Å². The van der Waals surface area contributed by atoms with Gasteiger partial charge in [-0.05, 0) is 42.5 Å². The summed E-state index contributed by atoms with van der Waals surface area (Å²) in [6.07, 6.45) is 3.90. The van der Waals surface area contributed by atoms with Crippen molar-refractivity contribution in [3.05, 3.63) is 90.9 Å². The molecule has 0 aliphatic carbocycles. The van der Waals surface area contributed by atoms with Gasteiger partial charge >= 0.3 is 0 Å². The topological polar surface area (TPSA) is 68.5 Å². The molecule has 5 aromatic rings. The van der Waals surface area contributed by atoms with Crippen LogP contribution in [0.4, 0.5) is 5.69 Å².